The van der Waals surface area contributed by atoms with Gasteiger partial charge in [-0.3, -0.25) is 4.68 Å². The zero-order valence-electron chi connectivity index (χ0n) is 9.78. The molecule has 0 aliphatic carbocycles. The molecule has 1 aromatic heterocycles. The summed E-state index contributed by atoms with van der Waals surface area (Å²) < 4.78 is 1.84. The second-order valence-electron chi connectivity index (χ2n) is 3.72. The van der Waals surface area contributed by atoms with Gasteiger partial charge in [-0.25, -0.2) is 0 Å². The first kappa shape index (κ1) is 10.5. The predicted molar refractivity (Wildman–Crippen MR) is 67.2 cm³/mol. The van der Waals surface area contributed by atoms with Crippen molar-refractivity contribution in [1.29, 1.82) is 0 Å². The molecule has 0 bridgehead atoms. The number of para-hydroxylation sites is 2. The lowest BCUT2D eigenvalue weighted by Gasteiger charge is -2.11. The summed E-state index contributed by atoms with van der Waals surface area (Å²) in [6.45, 7) is 1.98. The molecule has 2 N–H and O–H groups in total. The largest absolute Gasteiger partial charge is 0.386 e. The van der Waals surface area contributed by atoms with Crippen LogP contribution in [0.4, 0.5) is 17.2 Å². The van der Waals surface area contributed by atoms with Gasteiger partial charge < -0.3 is 10.6 Å². The Labute approximate surface area is 95.3 Å². The molecule has 1 heterocycles. The van der Waals surface area contributed by atoms with Crippen molar-refractivity contribution < 1.29 is 0 Å². The molecule has 0 aliphatic rings. The zero-order chi connectivity index (χ0) is 11.5. The fourth-order valence-corrected chi connectivity index (χ4v) is 1.68. The lowest BCUT2D eigenvalue weighted by atomic mass is 10.2. The highest BCUT2D eigenvalue weighted by Gasteiger charge is 2.04. The van der Waals surface area contributed by atoms with Crippen molar-refractivity contribution in [3.63, 3.8) is 0 Å². The summed E-state index contributed by atoms with van der Waals surface area (Å²) in [5.74, 6) is 0.986. The Morgan fingerprint density at radius 1 is 1.19 bits per heavy atom. The van der Waals surface area contributed by atoms with Gasteiger partial charge in [-0.2, -0.15) is 5.10 Å². The fourth-order valence-electron chi connectivity index (χ4n) is 1.68. The molecule has 16 heavy (non-hydrogen) atoms. The van der Waals surface area contributed by atoms with Crippen molar-refractivity contribution in [2.75, 3.05) is 17.7 Å². The lowest BCUT2D eigenvalue weighted by molar-refractivity contribution is 0.765. The SMILES string of the molecule is CNc1ccccc1Nc1cc(C)nn1C. The van der Waals surface area contributed by atoms with E-state index >= 15 is 0 Å². The average molecular weight is 216 g/mol. The van der Waals surface area contributed by atoms with E-state index in [-0.39, 0.29) is 0 Å². The Morgan fingerprint density at radius 2 is 1.88 bits per heavy atom. The first-order valence-corrected chi connectivity index (χ1v) is 5.25. The van der Waals surface area contributed by atoms with Gasteiger partial charge in [0.15, 0.2) is 0 Å². The van der Waals surface area contributed by atoms with Gasteiger partial charge in [0.25, 0.3) is 0 Å². The molecule has 2 rings (SSSR count). The second kappa shape index (κ2) is 4.26. The smallest absolute Gasteiger partial charge is 0.128 e. The molecule has 84 valence electrons. The van der Waals surface area contributed by atoms with Crippen molar-refractivity contribution in [2.45, 2.75) is 6.92 Å². The van der Waals surface area contributed by atoms with Crippen LogP contribution in [-0.4, -0.2) is 16.8 Å². The van der Waals surface area contributed by atoms with Crippen LogP contribution in [0.1, 0.15) is 5.69 Å². The van der Waals surface area contributed by atoms with E-state index in [0.29, 0.717) is 0 Å². The molecule has 0 aliphatic heterocycles. The van der Waals surface area contributed by atoms with E-state index in [2.05, 4.69) is 15.7 Å². The minimum atomic E-state index is 0.986. The number of rotatable bonds is 3. The number of hydrogen-bond donors (Lipinski definition) is 2. The number of nitrogens with one attached hydrogen (secondary N) is 2. The summed E-state index contributed by atoms with van der Waals surface area (Å²) in [7, 11) is 3.84. The van der Waals surface area contributed by atoms with Crippen molar-refractivity contribution in [3.8, 4) is 0 Å². The predicted octanol–water partition coefficient (Wildman–Crippen LogP) is 2.51. The van der Waals surface area contributed by atoms with Crippen LogP contribution in [0, 0.1) is 6.92 Å². The molecule has 4 heteroatoms. The molecule has 1 aromatic carbocycles. The first-order valence-electron chi connectivity index (χ1n) is 5.25. The van der Waals surface area contributed by atoms with Crippen LogP contribution in [0.15, 0.2) is 30.3 Å². The van der Waals surface area contributed by atoms with Crippen LogP contribution >= 0.6 is 0 Å². The molecule has 0 amide bonds. The maximum atomic E-state index is 4.30. The standard InChI is InChI=1S/C12H16N4/c1-9-8-12(16(3)15-9)14-11-7-5-4-6-10(11)13-2/h4-8,13-14H,1-3H3. The van der Waals surface area contributed by atoms with E-state index in [9.17, 15) is 0 Å². The van der Waals surface area contributed by atoms with Crippen LogP contribution < -0.4 is 10.6 Å². The molecule has 0 unspecified atom stereocenters. The van der Waals surface area contributed by atoms with Crippen LogP contribution in [0.2, 0.25) is 0 Å². The van der Waals surface area contributed by atoms with Crippen LogP contribution in [0.3, 0.4) is 0 Å². The fraction of sp³-hybridized carbons (Fsp3) is 0.250. The van der Waals surface area contributed by atoms with Crippen molar-refractivity contribution in [2.24, 2.45) is 7.05 Å². The highest BCUT2D eigenvalue weighted by Crippen LogP contribution is 2.24. The maximum absolute atomic E-state index is 4.30. The Hall–Kier alpha value is -1.97. The molecule has 0 radical (unpaired) electrons. The van der Waals surface area contributed by atoms with Gasteiger partial charge in [0.1, 0.15) is 5.82 Å². The molecule has 0 fully saturated rings. The Kier molecular flexibility index (Phi) is 2.81. The van der Waals surface area contributed by atoms with E-state index in [4.69, 9.17) is 0 Å². The van der Waals surface area contributed by atoms with E-state index in [1.54, 1.807) is 0 Å². The van der Waals surface area contributed by atoms with Gasteiger partial charge in [0.2, 0.25) is 0 Å². The quantitative estimate of drug-likeness (QED) is 0.828. The van der Waals surface area contributed by atoms with Crippen LogP contribution in [-0.2, 0) is 7.05 Å². The minimum absolute atomic E-state index is 0.986. The van der Waals surface area contributed by atoms with Gasteiger partial charge in [0.05, 0.1) is 17.1 Å². The van der Waals surface area contributed by atoms with Gasteiger partial charge in [-0.1, -0.05) is 12.1 Å². The van der Waals surface area contributed by atoms with Crippen molar-refractivity contribution >= 4 is 17.2 Å². The van der Waals surface area contributed by atoms with E-state index < -0.39 is 0 Å². The van der Waals surface area contributed by atoms with Crippen molar-refractivity contribution in [3.05, 3.63) is 36.0 Å². The maximum Gasteiger partial charge on any atom is 0.128 e. The molecule has 0 atom stereocenters. The Balaban J connectivity index is 2.30. The van der Waals surface area contributed by atoms with Gasteiger partial charge in [-0.05, 0) is 19.1 Å². The molecule has 0 spiro atoms. The third-order valence-electron chi connectivity index (χ3n) is 2.46. The van der Waals surface area contributed by atoms with Crippen molar-refractivity contribution in [1.82, 2.24) is 9.78 Å². The normalized spacial score (nSPS) is 10.2. The van der Waals surface area contributed by atoms with E-state index in [0.717, 1.165) is 22.9 Å². The third-order valence-corrected chi connectivity index (χ3v) is 2.46. The highest BCUT2D eigenvalue weighted by atomic mass is 15.3. The Morgan fingerprint density at radius 3 is 2.44 bits per heavy atom. The van der Waals surface area contributed by atoms with Crippen LogP contribution in [0.25, 0.3) is 0 Å². The number of benzene rings is 1. The Bertz CT molecular complexity index is 488. The number of hydrogen-bond acceptors (Lipinski definition) is 3. The molecule has 4 nitrogen and oxygen atoms in total. The summed E-state index contributed by atoms with van der Waals surface area (Å²) in [6.07, 6.45) is 0. The lowest BCUT2D eigenvalue weighted by Crippen LogP contribution is -2.01. The summed E-state index contributed by atoms with van der Waals surface area (Å²) in [4.78, 5) is 0. The number of aryl methyl sites for hydroxylation is 2. The summed E-state index contributed by atoms with van der Waals surface area (Å²) in [5, 5.41) is 10.8. The number of aromatic nitrogens is 2. The molecule has 0 saturated heterocycles. The zero-order valence-corrected chi connectivity index (χ0v) is 9.78. The molecule has 2 aromatic rings. The van der Waals surface area contributed by atoms with Gasteiger partial charge >= 0.3 is 0 Å². The third kappa shape index (κ3) is 2.00. The summed E-state index contributed by atoms with van der Waals surface area (Å²) >= 11 is 0. The average Bonchev–Trinajstić information content (AvgIpc) is 2.58. The van der Waals surface area contributed by atoms with Gasteiger partial charge in [0, 0.05) is 20.2 Å². The number of anilines is 3. The van der Waals surface area contributed by atoms with Crippen LogP contribution in [0.5, 0.6) is 0 Å². The van der Waals surface area contributed by atoms with E-state index in [1.807, 2.05) is 56.0 Å². The monoisotopic (exact) mass is 216 g/mol. The molecule has 0 saturated carbocycles. The molecular formula is C12H16N4. The minimum Gasteiger partial charge on any atom is -0.386 e. The topological polar surface area (TPSA) is 41.9 Å². The molecular weight excluding hydrogens is 200 g/mol. The first-order chi connectivity index (χ1) is 7.70. The second-order valence-corrected chi connectivity index (χ2v) is 3.72. The van der Waals surface area contributed by atoms with Gasteiger partial charge in [-0.15, -0.1) is 0 Å². The summed E-state index contributed by atoms with van der Waals surface area (Å²) in [6, 6.07) is 10.1. The van der Waals surface area contributed by atoms with E-state index in [1.165, 1.54) is 0 Å². The highest BCUT2D eigenvalue weighted by molar-refractivity contribution is 5.73. The number of nitrogens with zero attached hydrogens (tertiary/aromatic N) is 2. The summed E-state index contributed by atoms with van der Waals surface area (Å²) in [5.41, 5.74) is 3.13.